The number of piperazine rings is 1. The largest absolute Gasteiger partial charge is 0.339 e. The van der Waals surface area contributed by atoms with Crippen molar-refractivity contribution in [1.29, 1.82) is 0 Å². The van der Waals surface area contributed by atoms with Crippen LogP contribution in [0.2, 0.25) is 10.0 Å². The molecule has 1 aliphatic heterocycles. The molecule has 128 valence electrons. The quantitative estimate of drug-likeness (QED) is 0.745. The molecule has 0 bridgehead atoms. The molecule has 1 aromatic heterocycles. The number of carbonyl (C=O) groups is 1. The second-order valence-corrected chi connectivity index (χ2v) is 7.49. The molecule has 3 rings (SSSR count). The number of carbonyl (C=O) groups excluding carboxylic acids is 1. The summed E-state index contributed by atoms with van der Waals surface area (Å²) in [6, 6.07) is 5.71. The molecule has 2 aromatic rings. The van der Waals surface area contributed by atoms with Gasteiger partial charge in [0.1, 0.15) is 6.54 Å². The van der Waals surface area contributed by atoms with E-state index in [4.69, 9.17) is 23.2 Å². The average molecular weight is 432 g/mol. The number of aromatic nitrogens is 2. The van der Waals surface area contributed by atoms with Crippen LogP contribution in [0.3, 0.4) is 0 Å². The zero-order valence-corrected chi connectivity index (χ0v) is 16.1. The van der Waals surface area contributed by atoms with E-state index < -0.39 is 0 Å². The van der Waals surface area contributed by atoms with Crippen molar-refractivity contribution in [3.63, 3.8) is 0 Å². The first kappa shape index (κ1) is 17.7. The fourth-order valence-electron chi connectivity index (χ4n) is 2.71. The van der Waals surface area contributed by atoms with Crippen LogP contribution in [0.1, 0.15) is 5.56 Å². The van der Waals surface area contributed by atoms with Gasteiger partial charge in [-0.05, 0) is 33.6 Å². The van der Waals surface area contributed by atoms with E-state index in [1.54, 1.807) is 17.1 Å². The maximum atomic E-state index is 12.3. The van der Waals surface area contributed by atoms with Crippen molar-refractivity contribution in [2.24, 2.45) is 0 Å². The van der Waals surface area contributed by atoms with Gasteiger partial charge in [-0.15, -0.1) is 0 Å². The predicted molar refractivity (Wildman–Crippen MR) is 98.2 cm³/mol. The zero-order valence-electron chi connectivity index (χ0n) is 13.0. The van der Waals surface area contributed by atoms with Crippen LogP contribution in [0.5, 0.6) is 0 Å². The molecule has 2 heterocycles. The van der Waals surface area contributed by atoms with Gasteiger partial charge in [0.2, 0.25) is 5.91 Å². The minimum atomic E-state index is 0.0970. The first-order valence-corrected chi connectivity index (χ1v) is 9.18. The molecular formula is C16H17BrCl2N4O. The molecule has 1 saturated heterocycles. The van der Waals surface area contributed by atoms with Gasteiger partial charge in [0.25, 0.3) is 0 Å². The minimum absolute atomic E-state index is 0.0970. The van der Waals surface area contributed by atoms with E-state index in [0.29, 0.717) is 10.0 Å². The predicted octanol–water partition coefficient (Wildman–Crippen LogP) is 3.30. The monoisotopic (exact) mass is 430 g/mol. The fourth-order valence-corrected chi connectivity index (χ4v) is 3.36. The maximum Gasteiger partial charge on any atom is 0.244 e. The molecule has 0 saturated carbocycles. The Labute approximate surface area is 159 Å². The lowest BCUT2D eigenvalue weighted by molar-refractivity contribution is -0.133. The summed E-state index contributed by atoms with van der Waals surface area (Å²) in [5, 5.41) is 5.27. The van der Waals surface area contributed by atoms with Crippen LogP contribution in [0.4, 0.5) is 0 Å². The fraction of sp³-hybridized carbons (Fsp3) is 0.375. The summed E-state index contributed by atoms with van der Waals surface area (Å²) in [7, 11) is 0. The molecule has 0 unspecified atom stereocenters. The van der Waals surface area contributed by atoms with Crippen molar-refractivity contribution in [2.45, 2.75) is 13.1 Å². The lowest BCUT2D eigenvalue weighted by Crippen LogP contribution is -2.49. The lowest BCUT2D eigenvalue weighted by Gasteiger charge is -2.34. The molecule has 24 heavy (non-hydrogen) atoms. The highest BCUT2D eigenvalue weighted by atomic mass is 79.9. The van der Waals surface area contributed by atoms with Gasteiger partial charge in [-0.2, -0.15) is 5.10 Å². The molecule has 1 amide bonds. The van der Waals surface area contributed by atoms with E-state index in [-0.39, 0.29) is 12.5 Å². The van der Waals surface area contributed by atoms with Crippen molar-refractivity contribution in [2.75, 3.05) is 26.2 Å². The van der Waals surface area contributed by atoms with Gasteiger partial charge in [0.05, 0.1) is 20.7 Å². The van der Waals surface area contributed by atoms with E-state index in [1.807, 2.05) is 23.1 Å². The zero-order chi connectivity index (χ0) is 17.1. The van der Waals surface area contributed by atoms with Gasteiger partial charge in [-0.1, -0.05) is 29.3 Å². The summed E-state index contributed by atoms with van der Waals surface area (Å²) in [4.78, 5) is 16.5. The van der Waals surface area contributed by atoms with Gasteiger partial charge in [0.15, 0.2) is 0 Å². The van der Waals surface area contributed by atoms with Gasteiger partial charge in [0, 0.05) is 38.9 Å². The molecule has 0 N–H and O–H groups in total. The number of hydrogen-bond donors (Lipinski definition) is 0. The summed E-state index contributed by atoms with van der Waals surface area (Å²) in [6.07, 6.45) is 3.49. The number of amides is 1. The van der Waals surface area contributed by atoms with E-state index in [1.165, 1.54) is 0 Å². The Morgan fingerprint density at radius 1 is 1.17 bits per heavy atom. The highest BCUT2D eigenvalue weighted by molar-refractivity contribution is 9.10. The Balaban J connectivity index is 1.50. The van der Waals surface area contributed by atoms with Gasteiger partial charge >= 0.3 is 0 Å². The number of halogens is 3. The van der Waals surface area contributed by atoms with Gasteiger partial charge < -0.3 is 4.90 Å². The minimum Gasteiger partial charge on any atom is -0.339 e. The summed E-state index contributed by atoms with van der Waals surface area (Å²) < 4.78 is 2.52. The molecule has 0 atom stereocenters. The molecule has 0 radical (unpaired) electrons. The molecule has 1 aromatic carbocycles. The Hall–Kier alpha value is -1.08. The molecular weight excluding hydrogens is 415 g/mol. The SMILES string of the molecule is O=C(Cn1cc(Br)cn1)N1CCN(Cc2ccc(Cl)c(Cl)c2)CC1. The van der Waals surface area contributed by atoms with E-state index in [9.17, 15) is 4.79 Å². The molecule has 8 heteroatoms. The maximum absolute atomic E-state index is 12.3. The second-order valence-electron chi connectivity index (χ2n) is 5.76. The highest BCUT2D eigenvalue weighted by Crippen LogP contribution is 2.23. The summed E-state index contributed by atoms with van der Waals surface area (Å²) >= 11 is 15.3. The van der Waals surface area contributed by atoms with Gasteiger partial charge in [-0.3, -0.25) is 14.4 Å². The van der Waals surface area contributed by atoms with Crippen molar-refractivity contribution in [3.05, 3.63) is 50.7 Å². The topological polar surface area (TPSA) is 41.4 Å². The Morgan fingerprint density at radius 3 is 2.54 bits per heavy atom. The van der Waals surface area contributed by atoms with Gasteiger partial charge in [-0.25, -0.2) is 0 Å². The number of benzene rings is 1. The molecule has 1 aliphatic rings. The Bertz CT molecular complexity index is 729. The molecule has 0 aliphatic carbocycles. The van der Waals surface area contributed by atoms with Crippen LogP contribution in [0.25, 0.3) is 0 Å². The molecule has 1 fully saturated rings. The van der Waals surface area contributed by atoms with Crippen LogP contribution in [-0.2, 0) is 17.9 Å². The van der Waals surface area contributed by atoms with E-state index in [2.05, 4.69) is 25.9 Å². The van der Waals surface area contributed by atoms with Crippen LogP contribution in [-0.4, -0.2) is 51.7 Å². The summed E-state index contributed by atoms with van der Waals surface area (Å²) in [6.45, 7) is 4.22. The van der Waals surface area contributed by atoms with Crippen molar-refractivity contribution >= 4 is 45.0 Å². The number of nitrogens with zero attached hydrogens (tertiary/aromatic N) is 4. The van der Waals surface area contributed by atoms with Crippen LogP contribution in [0.15, 0.2) is 35.1 Å². The third-order valence-electron chi connectivity index (χ3n) is 4.01. The highest BCUT2D eigenvalue weighted by Gasteiger charge is 2.21. The molecule has 5 nitrogen and oxygen atoms in total. The summed E-state index contributed by atoms with van der Waals surface area (Å²) in [5.74, 6) is 0.0970. The average Bonchev–Trinajstić information content (AvgIpc) is 2.96. The third-order valence-corrected chi connectivity index (χ3v) is 5.16. The normalized spacial score (nSPS) is 15.7. The third kappa shape index (κ3) is 4.51. The van der Waals surface area contributed by atoms with E-state index in [0.717, 1.165) is 42.8 Å². The van der Waals surface area contributed by atoms with Crippen molar-refractivity contribution < 1.29 is 4.79 Å². The van der Waals surface area contributed by atoms with Crippen LogP contribution < -0.4 is 0 Å². The van der Waals surface area contributed by atoms with Crippen LogP contribution >= 0.6 is 39.1 Å². The van der Waals surface area contributed by atoms with Crippen LogP contribution in [0, 0.1) is 0 Å². The second kappa shape index (κ2) is 7.87. The Morgan fingerprint density at radius 2 is 1.92 bits per heavy atom. The number of rotatable bonds is 4. The first-order chi connectivity index (χ1) is 11.5. The summed E-state index contributed by atoms with van der Waals surface area (Å²) in [5.41, 5.74) is 1.13. The Kier molecular flexibility index (Phi) is 5.81. The van der Waals surface area contributed by atoms with Crippen molar-refractivity contribution in [3.8, 4) is 0 Å². The molecule has 0 spiro atoms. The van der Waals surface area contributed by atoms with Crippen molar-refractivity contribution in [1.82, 2.24) is 19.6 Å². The number of hydrogen-bond acceptors (Lipinski definition) is 3. The van der Waals surface area contributed by atoms with E-state index >= 15 is 0 Å². The first-order valence-electron chi connectivity index (χ1n) is 7.63. The standard InChI is InChI=1S/C16H17BrCl2N4O/c17-13-8-20-23(10-13)11-16(24)22-5-3-21(4-6-22)9-12-1-2-14(18)15(19)7-12/h1-2,7-8,10H,3-6,9,11H2. The lowest BCUT2D eigenvalue weighted by atomic mass is 10.2. The smallest absolute Gasteiger partial charge is 0.244 e.